The number of hydrogen-bond donors (Lipinski definition) is 13. The SMILES string of the molecule is N#C[C@@H]1CC(F)(F)CN1C(=O)CNC(=O)c1ccnc2c(NC(=O)CCC(=O)N[C@@H](CC(=O)O)C(=O)N[C@@H](CCCNC(=N)N)C(=O)N[C@@H](CC(=O)O)C(=O)N[C@@H](CS)C(=O)O)cccc12. The van der Waals surface area contributed by atoms with Crippen molar-refractivity contribution in [2.24, 2.45) is 5.73 Å². The quantitative estimate of drug-likeness (QED) is 0.0226. The lowest BCUT2D eigenvalue weighted by atomic mass is 10.1. The van der Waals surface area contributed by atoms with E-state index in [2.05, 4.69) is 49.5 Å². The van der Waals surface area contributed by atoms with Crippen LogP contribution in [0.2, 0.25) is 0 Å². The Morgan fingerprint density at radius 3 is 2.06 bits per heavy atom. The van der Waals surface area contributed by atoms with Gasteiger partial charge in [-0.05, 0) is 25.0 Å². The molecule has 0 aliphatic carbocycles. The van der Waals surface area contributed by atoms with Crippen LogP contribution in [0.4, 0.5) is 14.5 Å². The van der Waals surface area contributed by atoms with Gasteiger partial charge in [-0.15, -0.1) is 0 Å². The molecule has 13 N–H and O–H groups in total. The van der Waals surface area contributed by atoms with Crippen LogP contribution in [-0.4, -0.2) is 152 Å². The Kier molecular flexibility index (Phi) is 19.5. The molecule has 2 aromatic rings. The number of carbonyl (C=O) groups excluding carboxylic acids is 7. The summed E-state index contributed by atoms with van der Waals surface area (Å²) >= 11 is 3.82. The van der Waals surface area contributed by atoms with Crippen molar-refractivity contribution in [2.75, 3.05) is 30.7 Å². The number of fused-ring (bicyclic) bond motifs is 1. The lowest BCUT2D eigenvalue weighted by Gasteiger charge is -2.25. The van der Waals surface area contributed by atoms with Crippen molar-refractivity contribution in [1.82, 2.24) is 41.8 Å². The smallest absolute Gasteiger partial charge is 0.327 e. The zero-order valence-electron chi connectivity index (χ0n) is 34.6. The number of nitriles is 1. The summed E-state index contributed by atoms with van der Waals surface area (Å²) in [7, 11) is 0. The van der Waals surface area contributed by atoms with Crippen LogP contribution in [0.3, 0.4) is 0 Å². The summed E-state index contributed by atoms with van der Waals surface area (Å²) in [4.78, 5) is 131. The molecule has 1 aromatic carbocycles. The first-order valence-electron chi connectivity index (χ1n) is 19.6. The van der Waals surface area contributed by atoms with Gasteiger partial charge in [-0.3, -0.25) is 53.5 Å². The second-order valence-electron chi connectivity index (χ2n) is 14.5. The number of hydrogen-bond acceptors (Lipinski definition) is 14. The number of carbonyl (C=O) groups is 10. The minimum atomic E-state index is -3.26. The Morgan fingerprint density at radius 1 is 0.879 bits per heavy atom. The molecule has 1 aromatic heterocycles. The zero-order valence-corrected chi connectivity index (χ0v) is 35.5. The highest BCUT2D eigenvalue weighted by Crippen LogP contribution is 2.31. The molecule has 1 aliphatic rings. The molecule has 25 nitrogen and oxygen atoms in total. The molecule has 7 amide bonds. The third kappa shape index (κ3) is 16.1. The molecule has 1 saturated heterocycles. The Labute approximate surface area is 377 Å². The number of thiol groups is 1. The number of para-hydroxylation sites is 1. The second kappa shape index (κ2) is 24.4. The predicted octanol–water partition coefficient (Wildman–Crippen LogP) is -2.39. The van der Waals surface area contributed by atoms with Gasteiger partial charge < -0.3 is 63.2 Å². The number of amides is 7. The van der Waals surface area contributed by atoms with Crippen molar-refractivity contribution >= 4 is 94.4 Å². The van der Waals surface area contributed by atoms with Gasteiger partial charge in [0.15, 0.2) is 5.96 Å². The number of nitrogens with one attached hydrogen (secondary N) is 8. The second-order valence-corrected chi connectivity index (χ2v) is 14.9. The highest BCUT2D eigenvalue weighted by molar-refractivity contribution is 7.80. The van der Waals surface area contributed by atoms with Gasteiger partial charge in [0.2, 0.25) is 35.4 Å². The average molecular weight is 949 g/mol. The van der Waals surface area contributed by atoms with Crippen LogP contribution in [0.1, 0.15) is 55.3 Å². The number of nitrogens with two attached hydrogens (primary N) is 1. The van der Waals surface area contributed by atoms with E-state index in [1.54, 1.807) is 6.07 Å². The normalized spacial score (nSPS) is 15.6. The van der Waals surface area contributed by atoms with E-state index < -0.39 is 152 Å². The molecule has 66 heavy (non-hydrogen) atoms. The number of nitrogens with zero attached hydrogens (tertiary/aromatic N) is 3. The molecule has 0 spiro atoms. The lowest BCUT2D eigenvalue weighted by molar-refractivity contribution is -0.143. The van der Waals surface area contributed by atoms with Gasteiger partial charge in [0.05, 0.1) is 48.8 Å². The summed E-state index contributed by atoms with van der Waals surface area (Å²) in [6, 6.07) is -1.06. The molecule has 1 aliphatic heterocycles. The number of benzene rings is 1. The Bertz CT molecular complexity index is 2280. The Morgan fingerprint density at radius 2 is 1.47 bits per heavy atom. The molecule has 3 rings (SSSR count). The molecule has 2 heterocycles. The largest absolute Gasteiger partial charge is 0.481 e. The van der Waals surface area contributed by atoms with Crippen LogP contribution >= 0.6 is 12.6 Å². The third-order valence-corrected chi connectivity index (χ3v) is 9.83. The molecule has 28 heteroatoms. The zero-order chi connectivity index (χ0) is 49.3. The monoisotopic (exact) mass is 948 g/mol. The van der Waals surface area contributed by atoms with Crippen LogP contribution in [0.15, 0.2) is 30.5 Å². The van der Waals surface area contributed by atoms with Gasteiger partial charge >= 0.3 is 17.9 Å². The van der Waals surface area contributed by atoms with Gasteiger partial charge in [-0.1, -0.05) is 12.1 Å². The summed E-state index contributed by atoms with van der Waals surface area (Å²) in [6.07, 6.45) is -3.16. The van der Waals surface area contributed by atoms with E-state index in [-0.39, 0.29) is 41.5 Å². The summed E-state index contributed by atoms with van der Waals surface area (Å²) in [5, 5.41) is 60.7. The first-order valence-corrected chi connectivity index (χ1v) is 20.3. The topological polar surface area (TPSA) is 405 Å². The Hall–Kier alpha value is -7.70. The van der Waals surface area contributed by atoms with Crippen molar-refractivity contribution in [2.45, 2.75) is 81.1 Å². The number of likely N-dealkylation sites (tertiary alicyclic amines) is 1. The van der Waals surface area contributed by atoms with E-state index in [9.17, 15) is 77.3 Å². The maximum absolute atomic E-state index is 13.8. The van der Waals surface area contributed by atoms with Crippen molar-refractivity contribution < 1.29 is 72.0 Å². The molecule has 0 saturated carbocycles. The van der Waals surface area contributed by atoms with E-state index >= 15 is 0 Å². The van der Waals surface area contributed by atoms with Gasteiger partial charge in [-0.2, -0.15) is 17.9 Å². The summed E-state index contributed by atoms with van der Waals surface area (Å²) in [6.45, 7) is -1.71. The first-order chi connectivity index (χ1) is 31.0. The molecule has 0 unspecified atom stereocenters. The molecular formula is C38H46F2N12O13S. The standard InChI is InChI=1S/C38H46F2N12O13S/c39-38(40)13-18(14-41)52(17-38)28(55)15-46-32(60)20-8-10-44-31-19(20)3-1-4-21(31)47-26(53)6-7-27(54)48-23(11-29(56)57)34(62)49-22(5-2-9-45-37(42)43)33(61)50-24(12-30(58)59)35(63)51-25(16-66)36(64)65/h1,3-4,8,10,18,22-25,66H,2,5-7,9,11-13,15-17H2,(H,46,60)(H,47,53)(H,48,54)(H,49,62)(H,50,61)(H,51,63)(H,56,57)(H,58,59)(H,64,65)(H4,42,43,45)/t18-,22-,23-,24-,25-/m0/s1. The van der Waals surface area contributed by atoms with Gasteiger partial charge in [0.25, 0.3) is 11.8 Å². The number of aliphatic carboxylic acids is 3. The number of carboxylic acid groups (broad SMARTS) is 3. The van der Waals surface area contributed by atoms with Crippen molar-refractivity contribution in [3.63, 3.8) is 0 Å². The molecule has 5 atom stereocenters. The number of carboxylic acids is 3. The predicted molar refractivity (Wildman–Crippen MR) is 225 cm³/mol. The van der Waals surface area contributed by atoms with E-state index in [1.807, 2.05) is 5.32 Å². The summed E-state index contributed by atoms with van der Waals surface area (Å²) < 4.78 is 27.6. The fourth-order valence-corrected chi connectivity index (χ4v) is 6.54. The number of rotatable bonds is 24. The van der Waals surface area contributed by atoms with Crippen molar-refractivity contribution in [1.29, 1.82) is 10.7 Å². The van der Waals surface area contributed by atoms with Crippen molar-refractivity contribution in [3.05, 3.63) is 36.0 Å². The van der Waals surface area contributed by atoms with Crippen LogP contribution < -0.4 is 43.0 Å². The fourth-order valence-electron chi connectivity index (χ4n) is 6.30. The summed E-state index contributed by atoms with van der Waals surface area (Å²) in [5.41, 5.74) is 5.40. The van der Waals surface area contributed by atoms with Gasteiger partial charge in [0, 0.05) is 43.1 Å². The van der Waals surface area contributed by atoms with E-state index in [0.717, 1.165) is 0 Å². The number of aromatic nitrogens is 1. The maximum Gasteiger partial charge on any atom is 0.327 e. The van der Waals surface area contributed by atoms with Crippen molar-refractivity contribution in [3.8, 4) is 6.07 Å². The number of alkyl halides is 2. The number of halogens is 2. The number of pyridine rings is 1. The Balaban J connectivity index is 1.69. The van der Waals surface area contributed by atoms with E-state index in [1.165, 1.54) is 30.5 Å². The molecule has 0 radical (unpaired) electrons. The van der Waals surface area contributed by atoms with Gasteiger partial charge in [0.1, 0.15) is 30.2 Å². The minimum Gasteiger partial charge on any atom is -0.481 e. The average Bonchev–Trinajstić information content (AvgIpc) is 3.57. The van der Waals surface area contributed by atoms with Crippen LogP contribution in [0.25, 0.3) is 10.9 Å². The first kappa shape index (κ1) is 52.6. The highest BCUT2D eigenvalue weighted by Gasteiger charge is 2.47. The molecule has 356 valence electrons. The van der Waals surface area contributed by atoms with Crippen LogP contribution in [0.5, 0.6) is 0 Å². The fraction of sp³-hybridized carbons (Fsp3) is 0.447. The third-order valence-electron chi connectivity index (χ3n) is 9.47. The highest BCUT2D eigenvalue weighted by atomic mass is 32.1. The van der Waals surface area contributed by atoms with Gasteiger partial charge in [-0.25, -0.2) is 13.6 Å². The van der Waals surface area contributed by atoms with Crippen LogP contribution in [-0.2, 0) is 43.2 Å². The number of guanidine groups is 1. The number of anilines is 1. The van der Waals surface area contributed by atoms with Crippen LogP contribution in [0, 0.1) is 16.7 Å². The summed E-state index contributed by atoms with van der Waals surface area (Å²) in [5.74, 6) is -15.9. The van der Waals surface area contributed by atoms with E-state index in [0.29, 0.717) is 4.90 Å². The maximum atomic E-state index is 13.8. The molecular weight excluding hydrogens is 903 g/mol. The molecule has 1 fully saturated rings. The van der Waals surface area contributed by atoms with E-state index in [4.69, 9.17) is 11.1 Å². The lowest BCUT2D eigenvalue weighted by Crippen LogP contribution is -2.58. The minimum absolute atomic E-state index is 0.00353. The molecule has 0 bridgehead atoms.